The summed E-state index contributed by atoms with van der Waals surface area (Å²) in [6.07, 6.45) is 0. The van der Waals surface area contributed by atoms with E-state index in [-0.39, 0.29) is 0 Å². The van der Waals surface area contributed by atoms with E-state index in [1.807, 2.05) is 38.1 Å². The van der Waals surface area contributed by atoms with Gasteiger partial charge in [-0.25, -0.2) is 0 Å². The number of hydrogen-bond acceptors (Lipinski definition) is 5. The Labute approximate surface area is 124 Å². The van der Waals surface area contributed by atoms with Crippen LogP contribution in [0.2, 0.25) is 0 Å². The second kappa shape index (κ2) is 5.50. The monoisotopic (exact) mass is 288 g/mol. The van der Waals surface area contributed by atoms with E-state index < -0.39 is 5.60 Å². The van der Waals surface area contributed by atoms with Crippen molar-refractivity contribution in [3.8, 4) is 17.1 Å². The number of ether oxygens (including phenoxy) is 2. The first-order chi connectivity index (χ1) is 10.1. The Morgan fingerprint density at radius 3 is 2.90 bits per heavy atom. The molecule has 0 saturated carbocycles. The molecule has 0 atom stereocenters. The molecule has 0 spiro atoms. The van der Waals surface area contributed by atoms with Crippen LogP contribution in [0.3, 0.4) is 0 Å². The summed E-state index contributed by atoms with van der Waals surface area (Å²) in [6, 6.07) is 7.89. The summed E-state index contributed by atoms with van der Waals surface area (Å²) in [5, 5.41) is 7.53. The molecular weight excluding hydrogens is 268 g/mol. The number of aromatic nitrogens is 1. The Morgan fingerprint density at radius 2 is 2.10 bits per heavy atom. The number of fused-ring (bicyclic) bond motifs is 3. The zero-order valence-corrected chi connectivity index (χ0v) is 12.6. The largest absolute Gasteiger partial charge is 0.482 e. The van der Waals surface area contributed by atoms with Crippen LogP contribution in [-0.4, -0.2) is 25.4 Å². The number of rotatable bonds is 5. The SMILES string of the molecule is COCCNCc1noc2c1C(C)(C)Oc1ccccc1-2. The van der Waals surface area contributed by atoms with Gasteiger partial charge in [-0.2, -0.15) is 0 Å². The zero-order chi connectivity index (χ0) is 14.9. The van der Waals surface area contributed by atoms with Crippen LogP contribution in [0.15, 0.2) is 28.8 Å². The number of hydrogen-bond donors (Lipinski definition) is 1. The molecule has 5 nitrogen and oxygen atoms in total. The fourth-order valence-corrected chi connectivity index (χ4v) is 2.70. The van der Waals surface area contributed by atoms with Gasteiger partial charge in [0.2, 0.25) is 0 Å². The highest BCUT2D eigenvalue weighted by Gasteiger charge is 2.38. The number of methoxy groups -OCH3 is 1. The minimum absolute atomic E-state index is 0.456. The molecule has 1 aliphatic rings. The van der Waals surface area contributed by atoms with E-state index in [1.54, 1.807) is 7.11 Å². The summed E-state index contributed by atoms with van der Waals surface area (Å²) in [4.78, 5) is 0. The van der Waals surface area contributed by atoms with Crippen LogP contribution < -0.4 is 10.1 Å². The lowest BCUT2D eigenvalue weighted by Gasteiger charge is -2.32. The maximum atomic E-state index is 6.12. The van der Waals surface area contributed by atoms with Gasteiger partial charge in [-0.1, -0.05) is 17.3 Å². The summed E-state index contributed by atoms with van der Waals surface area (Å²) in [5.41, 5.74) is 2.41. The molecule has 0 fully saturated rings. The average Bonchev–Trinajstić information content (AvgIpc) is 2.89. The van der Waals surface area contributed by atoms with Gasteiger partial charge in [0.05, 0.1) is 17.7 Å². The van der Waals surface area contributed by atoms with Crippen molar-refractivity contribution in [1.82, 2.24) is 10.5 Å². The molecule has 0 bridgehead atoms. The molecule has 0 radical (unpaired) electrons. The average molecular weight is 288 g/mol. The van der Waals surface area contributed by atoms with Crippen molar-refractivity contribution in [2.45, 2.75) is 26.0 Å². The molecule has 21 heavy (non-hydrogen) atoms. The van der Waals surface area contributed by atoms with Crippen LogP contribution in [0, 0.1) is 0 Å². The third kappa shape index (κ3) is 2.54. The van der Waals surface area contributed by atoms with Crippen LogP contribution in [-0.2, 0) is 16.9 Å². The third-order valence-corrected chi connectivity index (χ3v) is 3.64. The first-order valence-electron chi connectivity index (χ1n) is 7.10. The number of benzene rings is 1. The molecule has 2 aromatic rings. The molecule has 0 saturated heterocycles. The third-order valence-electron chi connectivity index (χ3n) is 3.64. The van der Waals surface area contributed by atoms with Gasteiger partial charge in [0.15, 0.2) is 5.76 Å². The van der Waals surface area contributed by atoms with Crippen molar-refractivity contribution in [3.63, 3.8) is 0 Å². The highest BCUT2D eigenvalue weighted by atomic mass is 16.5. The highest BCUT2D eigenvalue weighted by Crippen LogP contribution is 2.46. The second-order valence-corrected chi connectivity index (χ2v) is 5.61. The number of nitrogens with zero attached hydrogens (tertiary/aromatic N) is 1. The fourth-order valence-electron chi connectivity index (χ4n) is 2.70. The van der Waals surface area contributed by atoms with E-state index in [0.717, 1.165) is 34.9 Å². The van der Waals surface area contributed by atoms with Gasteiger partial charge in [0.25, 0.3) is 0 Å². The number of nitrogens with one attached hydrogen (secondary N) is 1. The van der Waals surface area contributed by atoms with Crippen LogP contribution >= 0.6 is 0 Å². The summed E-state index contributed by atoms with van der Waals surface area (Å²) in [5.74, 6) is 1.65. The van der Waals surface area contributed by atoms with Crippen molar-refractivity contribution >= 4 is 0 Å². The van der Waals surface area contributed by atoms with E-state index in [9.17, 15) is 0 Å². The standard InChI is InChI=1S/C16H20N2O3/c1-16(2)14-12(10-17-8-9-19-3)18-21-15(14)11-6-4-5-7-13(11)20-16/h4-7,17H,8-10H2,1-3H3. The molecule has 112 valence electrons. The first-order valence-corrected chi connectivity index (χ1v) is 7.10. The lowest BCUT2D eigenvalue weighted by molar-refractivity contribution is 0.103. The molecular formula is C16H20N2O3. The Kier molecular flexibility index (Phi) is 3.69. The van der Waals surface area contributed by atoms with Gasteiger partial charge in [0, 0.05) is 20.2 Å². The normalized spacial score (nSPS) is 15.2. The van der Waals surface area contributed by atoms with E-state index >= 15 is 0 Å². The fraction of sp³-hybridized carbons (Fsp3) is 0.438. The second-order valence-electron chi connectivity index (χ2n) is 5.61. The Hall–Kier alpha value is -1.85. The van der Waals surface area contributed by atoms with Crippen molar-refractivity contribution < 1.29 is 14.0 Å². The van der Waals surface area contributed by atoms with Crippen molar-refractivity contribution in [2.24, 2.45) is 0 Å². The van der Waals surface area contributed by atoms with Gasteiger partial charge in [-0.15, -0.1) is 0 Å². The van der Waals surface area contributed by atoms with Crippen molar-refractivity contribution in [2.75, 3.05) is 20.3 Å². The number of para-hydroxylation sites is 1. The minimum atomic E-state index is -0.456. The molecule has 1 N–H and O–H groups in total. The topological polar surface area (TPSA) is 56.5 Å². The quantitative estimate of drug-likeness (QED) is 0.857. The predicted molar refractivity (Wildman–Crippen MR) is 79.2 cm³/mol. The molecule has 0 aliphatic carbocycles. The summed E-state index contributed by atoms with van der Waals surface area (Å²) >= 11 is 0. The maximum absolute atomic E-state index is 6.12. The van der Waals surface area contributed by atoms with Gasteiger partial charge in [-0.05, 0) is 26.0 Å². The lowest BCUT2D eigenvalue weighted by Crippen LogP contribution is -2.31. The highest BCUT2D eigenvalue weighted by molar-refractivity contribution is 5.72. The minimum Gasteiger partial charge on any atom is -0.482 e. The van der Waals surface area contributed by atoms with Crippen LogP contribution in [0.5, 0.6) is 5.75 Å². The molecule has 0 unspecified atom stereocenters. The maximum Gasteiger partial charge on any atom is 0.178 e. The summed E-state index contributed by atoms with van der Waals surface area (Å²) in [7, 11) is 1.69. The molecule has 1 aromatic heterocycles. The Bertz CT molecular complexity index is 634. The van der Waals surface area contributed by atoms with Gasteiger partial charge < -0.3 is 19.3 Å². The van der Waals surface area contributed by atoms with Crippen LogP contribution in [0.25, 0.3) is 11.3 Å². The lowest BCUT2D eigenvalue weighted by atomic mass is 9.90. The van der Waals surface area contributed by atoms with E-state index in [1.165, 1.54) is 0 Å². The van der Waals surface area contributed by atoms with Crippen molar-refractivity contribution in [3.05, 3.63) is 35.5 Å². The zero-order valence-electron chi connectivity index (χ0n) is 12.6. The predicted octanol–water partition coefficient (Wildman–Crippen LogP) is 2.71. The van der Waals surface area contributed by atoms with Crippen LogP contribution in [0.4, 0.5) is 0 Å². The molecule has 1 aromatic carbocycles. The molecule has 2 heterocycles. The molecule has 3 rings (SSSR count). The van der Waals surface area contributed by atoms with Gasteiger partial charge in [0.1, 0.15) is 17.0 Å². The van der Waals surface area contributed by atoms with E-state index in [2.05, 4.69) is 10.5 Å². The summed E-state index contributed by atoms with van der Waals surface area (Å²) < 4.78 is 16.8. The molecule has 0 amide bonds. The molecule has 1 aliphatic heterocycles. The molecule has 5 heteroatoms. The Morgan fingerprint density at radius 1 is 1.29 bits per heavy atom. The summed E-state index contributed by atoms with van der Waals surface area (Å²) in [6.45, 7) is 6.16. The van der Waals surface area contributed by atoms with Crippen LogP contribution in [0.1, 0.15) is 25.1 Å². The van der Waals surface area contributed by atoms with Gasteiger partial charge >= 0.3 is 0 Å². The Balaban J connectivity index is 1.93. The first kappa shape index (κ1) is 14.1. The van der Waals surface area contributed by atoms with Crippen molar-refractivity contribution in [1.29, 1.82) is 0 Å². The van der Waals surface area contributed by atoms with E-state index in [4.69, 9.17) is 14.0 Å². The van der Waals surface area contributed by atoms with Gasteiger partial charge in [-0.3, -0.25) is 0 Å². The smallest absolute Gasteiger partial charge is 0.178 e. The van der Waals surface area contributed by atoms with E-state index in [0.29, 0.717) is 13.2 Å².